The maximum Gasteiger partial charge on any atom is 0.342 e. The van der Waals surface area contributed by atoms with E-state index in [4.69, 9.17) is 14.0 Å². The first-order valence-corrected chi connectivity index (χ1v) is 12.4. The molecule has 0 bridgehead atoms. The van der Waals surface area contributed by atoms with E-state index in [1.807, 2.05) is 62.4 Å². The van der Waals surface area contributed by atoms with E-state index in [2.05, 4.69) is 15.4 Å². The van der Waals surface area contributed by atoms with Crippen molar-refractivity contribution in [1.82, 2.24) is 5.16 Å². The number of hydrogen-bond acceptors (Lipinski definition) is 7. The Labute approximate surface area is 215 Å². The average molecular weight is 500 g/mol. The summed E-state index contributed by atoms with van der Waals surface area (Å²) >= 11 is 0. The number of aryl methyl sites for hydroxylation is 2. The van der Waals surface area contributed by atoms with E-state index in [1.165, 1.54) is 12.8 Å². The van der Waals surface area contributed by atoms with Crippen molar-refractivity contribution < 1.29 is 23.6 Å². The number of rotatable bonds is 8. The van der Waals surface area contributed by atoms with Gasteiger partial charge in [0.15, 0.2) is 6.61 Å². The Kier molecular flexibility index (Phi) is 7.07. The fourth-order valence-electron chi connectivity index (χ4n) is 4.49. The molecule has 1 saturated heterocycles. The highest BCUT2D eigenvalue weighted by molar-refractivity contribution is 6.00. The lowest BCUT2D eigenvalue weighted by Crippen LogP contribution is -2.21. The van der Waals surface area contributed by atoms with E-state index in [0.29, 0.717) is 17.2 Å². The van der Waals surface area contributed by atoms with Crippen LogP contribution in [0.4, 0.5) is 11.4 Å². The fraction of sp³-hybridized carbons (Fsp3) is 0.276. The van der Waals surface area contributed by atoms with E-state index >= 15 is 0 Å². The molecule has 8 heteroatoms. The van der Waals surface area contributed by atoms with Gasteiger partial charge in [-0.1, -0.05) is 29.4 Å². The number of nitrogens with zero attached hydrogens (tertiary/aromatic N) is 2. The van der Waals surface area contributed by atoms with E-state index in [0.717, 1.165) is 40.8 Å². The van der Waals surface area contributed by atoms with Gasteiger partial charge < -0.3 is 24.2 Å². The molecule has 1 aliphatic rings. The molecule has 1 amide bonds. The zero-order chi connectivity index (χ0) is 25.8. The number of anilines is 2. The molecule has 5 rings (SSSR count). The first-order valence-electron chi connectivity index (χ1n) is 12.4. The van der Waals surface area contributed by atoms with Crippen molar-refractivity contribution >= 4 is 34.0 Å². The summed E-state index contributed by atoms with van der Waals surface area (Å²) in [6.07, 6.45) is 2.40. The smallest absolute Gasteiger partial charge is 0.342 e. The summed E-state index contributed by atoms with van der Waals surface area (Å²) in [5, 5.41) is 8.52. The van der Waals surface area contributed by atoms with Crippen LogP contribution < -0.4 is 15.0 Å². The van der Waals surface area contributed by atoms with Gasteiger partial charge in [0.25, 0.3) is 5.91 Å². The summed E-state index contributed by atoms with van der Waals surface area (Å²) in [4.78, 5) is 27.9. The van der Waals surface area contributed by atoms with Crippen LogP contribution in [0.5, 0.6) is 5.75 Å². The van der Waals surface area contributed by atoms with Crippen LogP contribution in [-0.4, -0.2) is 36.7 Å². The predicted molar refractivity (Wildman–Crippen MR) is 141 cm³/mol. The molecule has 0 unspecified atom stereocenters. The lowest BCUT2D eigenvalue weighted by Gasteiger charge is -2.17. The topological polar surface area (TPSA) is 93.9 Å². The Morgan fingerprint density at radius 3 is 2.38 bits per heavy atom. The molecular formula is C29H29N3O5. The minimum absolute atomic E-state index is 0.188. The van der Waals surface area contributed by atoms with Crippen LogP contribution in [0.1, 0.15) is 40.2 Å². The molecule has 4 aromatic rings. The molecular weight excluding hydrogens is 470 g/mol. The Morgan fingerprint density at radius 2 is 1.70 bits per heavy atom. The van der Waals surface area contributed by atoms with Gasteiger partial charge in [-0.15, -0.1) is 0 Å². The van der Waals surface area contributed by atoms with Gasteiger partial charge in [0.05, 0.1) is 11.3 Å². The first kappa shape index (κ1) is 24.4. The number of aromatic nitrogens is 1. The monoisotopic (exact) mass is 499 g/mol. The van der Waals surface area contributed by atoms with Gasteiger partial charge in [0.2, 0.25) is 0 Å². The summed E-state index contributed by atoms with van der Waals surface area (Å²) in [5.41, 5.74) is 3.59. The van der Waals surface area contributed by atoms with Crippen LogP contribution in [0, 0.1) is 13.8 Å². The molecule has 0 spiro atoms. The van der Waals surface area contributed by atoms with Gasteiger partial charge in [0.1, 0.15) is 23.7 Å². The van der Waals surface area contributed by atoms with Crippen molar-refractivity contribution in [3.63, 3.8) is 0 Å². The van der Waals surface area contributed by atoms with Crippen LogP contribution in [0.15, 0.2) is 65.2 Å². The summed E-state index contributed by atoms with van der Waals surface area (Å²) in [6, 6.07) is 18.9. The SMILES string of the molecule is Cc1noc(C)c1COc1cc2ccccc2cc1C(=O)OCC(=O)Nc1ccc(N2CCCC2)cc1. The average Bonchev–Trinajstić information content (AvgIpc) is 3.56. The minimum atomic E-state index is -0.640. The third-order valence-electron chi connectivity index (χ3n) is 6.58. The molecule has 0 aliphatic carbocycles. The van der Waals surface area contributed by atoms with Gasteiger partial charge in [-0.05, 0) is 73.9 Å². The molecule has 190 valence electrons. The highest BCUT2D eigenvalue weighted by Gasteiger charge is 2.19. The summed E-state index contributed by atoms with van der Waals surface area (Å²) in [7, 11) is 0. The van der Waals surface area contributed by atoms with E-state index < -0.39 is 18.5 Å². The third kappa shape index (κ3) is 5.58. The number of fused-ring (bicyclic) bond motifs is 1. The normalized spacial score (nSPS) is 13.1. The number of carbonyl (C=O) groups excluding carboxylic acids is 2. The second-order valence-corrected chi connectivity index (χ2v) is 9.15. The summed E-state index contributed by atoms with van der Waals surface area (Å²) in [6.45, 7) is 5.54. The lowest BCUT2D eigenvalue weighted by molar-refractivity contribution is -0.119. The van der Waals surface area contributed by atoms with Gasteiger partial charge in [0, 0.05) is 24.5 Å². The number of hydrogen-bond donors (Lipinski definition) is 1. The van der Waals surface area contributed by atoms with Gasteiger partial charge in [-0.3, -0.25) is 4.79 Å². The van der Waals surface area contributed by atoms with Crippen LogP contribution >= 0.6 is 0 Å². The zero-order valence-electron chi connectivity index (χ0n) is 21.0. The molecule has 2 heterocycles. The highest BCUT2D eigenvalue weighted by atomic mass is 16.5. The Hall–Kier alpha value is -4.33. The zero-order valence-corrected chi connectivity index (χ0v) is 21.0. The van der Waals surface area contributed by atoms with Crippen molar-refractivity contribution in [2.75, 3.05) is 29.9 Å². The molecule has 0 atom stereocenters. The number of carbonyl (C=O) groups is 2. The number of esters is 1. The van der Waals surface area contributed by atoms with E-state index in [9.17, 15) is 9.59 Å². The maximum absolute atomic E-state index is 13.0. The Balaban J connectivity index is 1.25. The number of ether oxygens (including phenoxy) is 2. The molecule has 1 aromatic heterocycles. The number of benzene rings is 3. The first-order chi connectivity index (χ1) is 18.0. The minimum Gasteiger partial charge on any atom is -0.488 e. The largest absolute Gasteiger partial charge is 0.488 e. The van der Waals surface area contributed by atoms with Crippen LogP contribution in [0.3, 0.4) is 0 Å². The molecule has 1 aliphatic heterocycles. The summed E-state index contributed by atoms with van der Waals surface area (Å²) in [5.74, 6) is -0.0329. The van der Waals surface area contributed by atoms with Crippen molar-refractivity contribution in [3.8, 4) is 5.75 Å². The number of nitrogens with one attached hydrogen (secondary N) is 1. The van der Waals surface area contributed by atoms with Gasteiger partial charge >= 0.3 is 5.97 Å². The maximum atomic E-state index is 13.0. The second kappa shape index (κ2) is 10.7. The molecule has 37 heavy (non-hydrogen) atoms. The van der Waals surface area contributed by atoms with Gasteiger partial charge in [-0.2, -0.15) is 0 Å². The van der Waals surface area contributed by atoms with Gasteiger partial charge in [-0.25, -0.2) is 4.79 Å². The highest BCUT2D eigenvalue weighted by Crippen LogP contribution is 2.28. The predicted octanol–water partition coefficient (Wildman–Crippen LogP) is 5.42. The van der Waals surface area contributed by atoms with Crippen LogP contribution in [-0.2, 0) is 16.1 Å². The van der Waals surface area contributed by atoms with Crippen LogP contribution in [0.2, 0.25) is 0 Å². The molecule has 0 radical (unpaired) electrons. The van der Waals surface area contributed by atoms with E-state index in [1.54, 1.807) is 12.1 Å². The molecule has 8 nitrogen and oxygen atoms in total. The molecule has 0 saturated carbocycles. The third-order valence-corrected chi connectivity index (χ3v) is 6.58. The Bertz CT molecular complexity index is 1400. The lowest BCUT2D eigenvalue weighted by atomic mass is 10.1. The molecule has 1 fully saturated rings. The standard InChI is InChI=1S/C29H29N3O5/c1-19-26(20(2)37-31-19)17-35-27-16-22-8-4-3-7-21(22)15-25(27)29(34)36-18-28(33)30-23-9-11-24(12-10-23)32-13-5-6-14-32/h3-4,7-12,15-16H,5-6,13-14,17-18H2,1-2H3,(H,30,33). The number of amides is 1. The molecule has 3 aromatic carbocycles. The van der Waals surface area contributed by atoms with E-state index in [-0.39, 0.29) is 12.2 Å². The van der Waals surface area contributed by atoms with Crippen molar-refractivity contribution in [2.45, 2.75) is 33.3 Å². The quantitative estimate of drug-likeness (QED) is 0.324. The van der Waals surface area contributed by atoms with Crippen LogP contribution in [0.25, 0.3) is 10.8 Å². The fourth-order valence-corrected chi connectivity index (χ4v) is 4.49. The Morgan fingerprint density at radius 1 is 1.00 bits per heavy atom. The van der Waals surface area contributed by atoms with Crippen molar-refractivity contribution in [3.05, 3.63) is 83.2 Å². The second-order valence-electron chi connectivity index (χ2n) is 9.15. The summed E-state index contributed by atoms with van der Waals surface area (Å²) < 4.78 is 16.6. The van der Waals surface area contributed by atoms with Crippen molar-refractivity contribution in [1.29, 1.82) is 0 Å². The van der Waals surface area contributed by atoms with Crippen molar-refractivity contribution in [2.24, 2.45) is 0 Å². The molecule has 1 N–H and O–H groups in total.